The Labute approximate surface area is 245 Å². The predicted molar refractivity (Wildman–Crippen MR) is 161 cm³/mol. The topological polar surface area (TPSA) is 79.1 Å². The molecule has 0 spiro atoms. The quantitative estimate of drug-likeness (QED) is 0.200. The van der Waals surface area contributed by atoms with Crippen molar-refractivity contribution in [3.63, 3.8) is 0 Å². The molecular formula is C32H27ClN2O5S. The van der Waals surface area contributed by atoms with Crippen LogP contribution in [0.5, 0.6) is 11.5 Å². The van der Waals surface area contributed by atoms with Gasteiger partial charge in [0.1, 0.15) is 6.61 Å². The number of hydrogen-bond acceptors (Lipinski definition) is 7. The summed E-state index contributed by atoms with van der Waals surface area (Å²) in [4.78, 5) is 33.0. The van der Waals surface area contributed by atoms with Crippen molar-refractivity contribution in [2.24, 2.45) is 4.99 Å². The Morgan fingerprint density at radius 2 is 1.85 bits per heavy atom. The maximum Gasteiger partial charge on any atom is 0.338 e. The van der Waals surface area contributed by atoms with E-state index in [0.717, 1.165) is 5.56 Å². The zero-order chi connectivity index (χ0) is 28.9. The molecule has 0 radical (unpaired) electrons. The molecule has 0 N–H and O–H groups in total. The number of rotatable bonds is 9. The highest BCUT2D eigenvalue weighted by Gasteiger charge is 2.35. The molecule has 41 heavy (non-hydrogen) atoms. The van der Waals surface area contributed by atoms with Gasteiger partial charge >= 0.3 is 5.97 Å². The minimum Gasteiger partial charge on any atom is -0.493 e. The number of hydrogen-bond donors (Lipinski definition) is 0. The van der Waals surface area contributed by atoms with Gasteiger partial charge in [0, 0.05) is 16.1 Å². The first kappa shape index (κ1) is 28.1. The molecule has 0 saturated carbocycles. The third-order valence-electron chi connectivity index (χ3n) is 6.42. The molecule has 1 aliphatic rings. The molecule has 1 atom stereocenters. The number of fused-ring (bicyclic) bond motifs is 1. The van der Waals surface area contributed by atoms with E-state index in [1.807, 2.05) is 42.5 Å². The van der Waals surface area contributed by atoms with Crippen molar-refractivity contribution in [3.05, 3.63) is 132 Å². The number of ether oxygens (including phenoxy) is 3. The summed E-state index contributed by atoms with van der Waals surface area (Å²) in [5, 5.41) is 0.538. The number of methoxy groups -OCH3 is 1. The molecule has 9 heteroatoms. The van der Waals surface area contributed by atoms with Crippen LogP contribution in [0.15, 0.2) is 101 Å². The van der Waals surface area contributed by atoms with Gasteiger partial charge in [-0.3, -0.25) is 9.36 Å². The normalized spacial score (nSPS) is 14.7. The minimum absolute atomic E-state index is 0.172. The van der Waals surface area contributed by atoms with Crippen LogP contribution in [0.4, 0.5) is 0 Å². The van der Waals surface area contributed by atoms with Gasteiger partial charge in [-0.25, -0.2) is 9.79 Å². The standard InChI is InChI=1S/C32H27ClN2O5S/c1-4-18-40-29-22(12-9-13-24(29)38-3)19-25-30(36)35-28(21-14-16-23(33)17-15-21)26(31(37)39-5-2)27(34-32(35)41-25)20-10-7-6-8-11-20/h4,6-17,19,28H,1,5,18H2,2-3H3/b25-19-/t28-/m0/s1. The van der Waals surface area contributed by atoms with Gasteiger partial charge in [-0.15, -0.1) is 0 Å². The Morgan fingerprint density at radius 3 is 2.54 bits per heavy atom. The molecule has 0 aliphatic carbocycles. The predicted octanol–water partition coefficient (Wildman–Crippen LogP) is 5.16. The zero-order valence-corrected chi connectivity index (χ0v) is 24.1. The highest BCUT2D eigenvalue weighted by Crippen LogP contribution is 2.36. The lowest BCUT2D eigenvalue weighted by Crippen LogP contribution is -2.40. The lowest BCUT2D eigenvalue weighted by Gasteiger charge is -2.26. The van der Waals surface area contributed by atoms with Crippen LogP contribution in [0, 0.1) is 0 Å². The summed E-state index contributed by atoms with van der Waals surface area (Å²) in [6, 6.07) is 21.1. The zero-order valence-electron chi connectivity index (χ0n) is 22.5. The average molecular weight is 587 g/mol. The summed E-state index contributed by atoms with van der Waals surface area (Å²) in [6.07, 6.45) is 3.39. The highest BCUT2D eigenvalue weighted by molar-refractivity contribution is 7.07. The molecule has 0 fully saturated rings. The van der Waals surface area contributed by atoms with Crippen molar-refractivity contribution in [1.82, 2.24) is 4.57 Å². The van der Waals surface area contributed by atoms with Gasteiger partial charge in [-0.1, -0.05) is 90.2 Å². The maximum atomic E-state index is 14.1. The fourth-order valence-electron chi connectivity index (χ4n) is 4.65. The van der Waals surface area contributed by atoms with Crippen LogP contribution in [0.3, 0.4) is 0 Å². The Hall–Kier alpha value is -4.40. The van der Waals surface area contributed by atoms with Crippen molar-refractivity contribution in [1.29, 1.82) is 0 Å². The van der Waals surface area contributed by atoms with E-state index in [1.165, 1.54) is 11.3 Å². The van der Waals surface area contributed by atoms with E-state index in [0.29, 0.717) is 42.7 Å². The van der Waals surface area contributed by atoms with Gasteiger partial charge in [-0.2, -0.15) is 0 Å². The van der Waals surface area contributed by atoms with Crippen LogP contribution < -0.4 is 24.4 Å². The summed E-state index contributed by atoms with van der Waals surface area (Å²) in [6.45, 7) is 5.90. The molecule has 0 saturated heterocycles. The van der Waals surface area contributed by atoms with Gasteiger partial charge in [0.05, 0.1) is 35.6 Å². The highest BCUT2D eigenvalue weighted by atomic mass is 35.5. The Morgan fingerprint density at radius 1 is 1.10 bits per heavy atom. The first-order valence-corrected chi connectivity index (χ1v) is 14.1. The number of nitrogens with zero attached hydrogens (tertiary/aromatic N) is 2. The van der Waals surface area contributed by atoms with Crippen LogP contribution in [0.25, 0.3) is 11.8 Å². The number of halogens is 1. The second-order valence-corrected chi connectivity index (χ2v) is 10.4. The van der Waals surface area contributed by atoms with Gasteiger partial charge in [0.2, 0.25) is 0 Å². The van der Waals surface area contributed by atoms with E-state index in [-0.39, 0.29) is 24.3 Å². The van der Waals surface area contributed by atoms with Crippen molar-refractivity contribution >= 4 is 40.7 Å². The number of aromatic nitrogens is 1. The number of carbonyl (C=O) groups is 1. The van der Waals surface area contributed by atoms with Crippen LogP contribution in [0.2, 0.25) is 5.02 Å². The largest absolute Gasteiger partial charge is 0.493 e. The number of esters is 1. The summed E-state index contributed by atoms with van der Waals surface area (Å²) < 4.78 is 18.8. The SMILES string of the molecule is C=CCOc1c(/C=c2\sc3n(c2=O)[C@@H](c2ccc(Cl)cc2)C(C(=O)OCC)=C(c2ccccc2)N=3)cccc1OC. The Kier molecular flexibility index (Phi) is 8.52. The first-order chi connectivity index (χ1) is 20.0. The number of thiazole rings is 1. The molecule has 4 aromatic rings. The smallest absolute Gasteiger partial charge is 0.338 e. The number of carbonyl (C=O) groups excluding carboxylic acids is 1. The lowest BCUT2D eigenvalue weighted by molar-refractivity contribution is -0.138. The second kappa shape index (κ2) is 12.4. The first-order valence-electron chi connectivity index (χ1n) is 12.9. The third kappa shape index (κ3) is 5.62. The second-order valence-electron chi connectivity index (χ2n) is 8.96. The van der Waals surface area contributed by atoms with E-state index in [1.54, 1.807) is 61.1 Å². The van der Waals surface area contributed by atoms with Crippen LogP contribution in [0.1, 0.15) is 29.7 Å². The minimum atomic E-state index is -0.790. The molecule has 0 unspecified atom stereocenters. The van der Waals surface area contributed by atoms with Crippen molar-refractivity contribution in [2.45, 2.75) is 13.0 Å². The molecule has 208 valence electrons. The summed E-state index contributed by atoms with van der Waals surface area (Å²) in [5.74, 6) is 0.479. The molecule has 1 aromatic heterocycles. The summed E-state index contributed by atoms with van der Waals surface area (Å²) >= 11 is 7.43. The van der Waals surface area contributed by atoms with Crippen LogP contribution in [-0.4, -0.2) is 30.9 Å². The van der Waals surface area contributed by atoms with Crippen molar-refractivity contribution < 1.29 is 19.0 Å². The van der Waals surface area contributed by atoms with Gasteiger partial charge in [0.15, 0.2) is 16.3 Å². The third-order valence-corrected chi connectivity index (χ3v) is 7.66. The molecule has 0 bridgehead atoms. The molecule has 2 heterocycles. The van der Waals surface area contributed by atoms with Crippen molar-refractivity contribution in [2.75, 3.05) is 20.3 Å². The van der Waals surface area contributed by atoms with Crippen molar-refractivity contribution in [3.8, 4) is 11.5 Å². The summed E-state index contributed by atoms with van der Waals surface area (Å²) in [5.41, 5.74) is 2.52. The fraction of sp³-hybridized carbons (Fsp3) is 0.156. The molecule has 5 rings (SSSR count). The lowest BCUT2D eigenvalue weighted by atomic mass is 9.93. The molecule has 1 aliphatic heterocycles. The van der Waals surface area contributed by atoms with E-state index in [9.17, 15) is 9.59 Å². The van der Waals surface area contributed by atoms with Gasteiger partial charge in [0.25, 0.3) is 5.56 Å². The van der Waals surface area contributed by atoms with Gasteiger partial charge < -0.3 is 14.2 Å². The van der Waals surface area contributed by atoms with E-state index in [4.69, 9.17) is 30.8 Å². The van der Waals surface area contributed by atoms with Crippen LogP contribution >= 0.6 is 22.9 Å². The maximum absolute atomic E-state index is 14.1. The fourth-order valence-corrected chi connectivity index (χ4v) is 5.76. The molecule has 7 nitrogen and oxygen atoms in total. The Balaban J connectivity index is 1.81. The van der Waals surface area contributed by atoms with E-state index >= 15 is 0 Å². The van der Waals surface area contributed by atoms with Gasteiger partial charge in [-0.05, 0) is 36.8 Å². The monoisotopic (exact) mass is 586 g/mol. The van der Waals surface area contributed by atoms with Crippen LogP contribution in [-0.2, 0) is 9.53 Å². The Bertz CT molecular complexity index is 1810. The average Bonchev–Trinajstić information content (AvgIpc) is 3.30. The number of para-hydroxylation sites is 1. The molecule has 3 aromatic carbocycles. The number of benzene rings is 3. The van der Waals surface area contributed by atoms with E-state index < -0.39 is 12.0 Å². The summed E-state index contributed by atoms with van der Waals surface area (Å²) in [7, 11) is 1.56. The molecular weight excluding hydrogens is 560 g/mol. The molecule has 0 amide bonds. The van der Waals surface area contributed by atoms with E-state index in [2.05, 4.69) is 6.58 Å².